The van der Waals surface area contributed by atoms with Gasteiger partial charge < -0.3 is 10.2 Å². The van der Waals surface area contributed by atoms with Gasteiger partial charge in [-0.05, 0) is 25.8 Å². The first kappa shape index (κ1) is 8.05. The van der Waals surface area contributed by atoms with Gasteiger partial charge in [-0.1, -0.05) is 0 Å². The molecule has 2 unspecified atom stereocenters. The number of rotatable bonds is 0. The van der Waals surface area contributed by atoms with Crippen molar-refractivity contribution in [2.45, 2.75) is 38.3 Å². The van der Waals surface area contributed by atoms with Gasteiger partial charge in [0.2, 0.25) is 5.91 Å². The van der Waals surface area contributed by atoms with Crippen molar-refractivity contribution in [2.75, 3.05) is 13.1 Å². The van der Waals surface area contributed by atoms with Crippen LogP contribution in [0.1, 0.15) is 26.2 Å². The summed E-state index contributed by atoms with van der Waals surface area (Å²) in [5.41, 5.74) is 0. The van der Waals surface area contributed by atoms with Gasteiger partial charge in [0.25, 0.3) is 0 Å². The lowest BCUT2D eigenvalue weighted by molar-refractivity contribution is -0.132. The van der Waals surface area contributed by atoms with Crippen LogP contribution >= 0.6 is 0 Å². The zero-order valence-electron chi connectivity index (χ0n) is 7.55. The van der Waals surface area contributed by atoms with Crippen molar-refractivity contribution >= 4 is 5.91 Å². The average molecular weight is 168 g/mol. The van der Waals surface area contributed by atoms with Crippen LogP contribution < -0.4 is 5.32 Å². The van der Waals surface area contributed by atoms with Crippen molar-refractivity contribution in [1.29, 1.82) is 0 Å². The molecule has 12 heavy (non-hydrogen) atoms. The summed E-state index contributed by atoms with van der Waals surface area (Å²) in [4.78, 5) is 13.3. The van der Waals surface area contributed by atoms with Crippen molar-refractivity contribution in [3.05, 3.63) is 0 Å². The van der Waals surface area contributed by atoms with E-state index >= 15 is 0 Å². The number of carbonyl (C=O) groups excluding carboxylic acids is 1. The largest absolute Gasteiger partial charge is 0.338 e. The number of amides is 1. The molecular formula is C9H16N2O. The van der Waals surface area contributed by atoms with Crippen LogP contribution in [-0.2, 0) is 4.79 Å². The zero-order chi connectivity index (χ0) is 8.55. The third-order valence-corrected chi connectivity index (χ3v) is 3.03. The Balaban J connectivity index is 2.08. The highest BCUT2D eigenvalue weighted by Crippen LogP contribution is 2.23. The van der Waals surface area contributed by atoms with Crippen LogP contribution in [-0.4, -0.2) is 36.0 Å². The normalized spacial score (nSPS) is 34.9. The zero-order valence-corrected chi connectivity index (χ0v) is 7.55. The molecule has 0 aliphatic carbocycles. The second-order valence-electron chi connectivity index (χ2n) is 3.77. The second-order valence-corrected chi connectivity index (χ2v) is 3.77. The molecule has 0 radical (unpaired) electrons. The lowest BCUT2D eigenvalue weighted by atomic mass is 9.97. The van der Waals surface area contributed by atoms with Gasteiger partial charge in [0.1, 0.15) is 0 Å². The van der Waals surface area contributed by atoms with Crippen LogP contribution in [0.5, 0.6) is 0 Å². The first-order chi connectivity index (χ1) is 5.79. The highest BCUT2D eigenvalue weighted by atomic mass is 16.2. The summed E-state index contributed by atoms with van der Waals surface area (Å²) in [7, 11) is 0. The van der Waals surface area contributed by atoms with E-state index in [4.69, 9.17) is 0 Å². The maximum Gasteiger partial charge on any atom is 0.219 e. The van der Waals surface area contributed by atoms with Crippen LogP contribution in [0.15, 0.2) is 0 Å². The Morgan fingerprint density at radius 2 is 2.33 bits per heavy atom. The lowest BCUT2D eigenvalue weighted by Gasteiger charge is -2.36. The number of hydrogen-bond acceptors (Lipinski definition) is 2. The van der Waals surface area contributed by atoms with Crippen LogP contribution in [0, 0.1) is 0 Å². The fourth-order valence-electron chi connectivity index (χ4n) is 2.46. The summed E-state index contributed by atoms with van der Waals surface area (Å²) < 4.78 is 0. The Hall–Kier alpha value is -0.570. The molecule has 3 nitrogen and oxygen atoms in total. The molecule has 2 aliphatic heterocycles. The van der Waals surface area contributed by atoms with Crippen molar-refractivity contribution in [3.63, 3.8) is 0 Å². The van der Waals surface area contributed by atoms with E-state index in [-0.39, 0.29) is 5.91 Å². The molecule has 0 aromatic carbocycles. The van der Waals surface area contributed by atoms with Gasteiger partial charge in [-0.3, -0.25) is 4.79 Å². The van der Waals surface area contributed by atoms with E-state index in [1.807, 2.05) is 4.90 Å². The van der Waals surface area contributed by atoms with E-state index < -0.39 is 0 Å². The summed E-state index contributed by atoms with van der Waals surface area (Å²) in [5.74, 6) is 0.244. The topological polar surface area (TPSA) is 32.3 Å². The molecule has 3 heteroatoms. The molecule has 0 aromatic heterocycles. The van der Waals surface area contributed by atoms with Crippen molar-refractivity contribution in [2.24, 2.45) is 0 Å². The first-order valence-corrected chi connectivity index (χ1v) is 4.79. The summed E-state index contributed by atoms with van der Waals surface area (Å²) in [6.07, 6.45) is 3.55. The summed E-state index contributed by atoms with van der Waals surface area (Å²) in [6, 6.07) is 1.08. The quantitative estimate of drug-likeness (QED) is 0.566. The van der Waals surface area contributed by atoms with Crippen LogP contribution in [0.3, 0.4) is 0 Å². The molecule has 2 atom stereocenters. The molecule has 2 fully saturated rings. The van der Waals surface area contributed by atoms with E-state index in [2.05, 4.69) is 5.32 Å². The van der Waals surface area contributed by atoms with Crippen LogP contribution in [0.25, 0.3) is 0 Å². The smallest absolute Gasteiger partial charge is 0.219 e. The highest BCUT2D eigenvalue weighted by molar-refractivity contribution is 5.73. The Morgan fingerprint density at radius 1 is 1.50 bits per heavy atom. The molecule has 68 valence electrons. The monoisotopic (exact) mass is 168 g/mol. The van der Waals surface area contributed by atoms with Crippen LogP contribution in [0.4, 0.5) is 0 Å². The summed E-state index contributed by atoms with van der Waals surface area (Å²) >= 11 is 0. The fraction of sp³-hybridized carbons (Fsp3) is 0.889. The number of hydrogen-bond donors (Lipinski definition) is 1. The van der Waals surface area contributed by atoms with E-state index in [0.717, 1.165) is 25.9 Å². The Morgan fingerprint density at radius 3 is 3.08 bits per heavy atom. The number of nitrogens with one attached hydrogen (secondary N) is 1. The second kappa shape index (κ2) is 3.05. The Labute approximate surface area is 73.1 Å². The maximum absolute atomic E-state index is 11.2. The summed E-state index contributed by atoms with van der Waals surface area (Å²) in [6.45, 7) is 3.73. The molecule has 1 N–H and O–H groups in total. The van der Waals surface area contributed by atoms with E-state index in [1.54, 1.807) is 6.92 Å². The Bertz CT molecular complexity index is 193. The molecule has 2 rings (SSSR count). The number of carbonyl (C=O) groups is 1. The van der Waals surface area contributed by atoms with Crippen LogP contribution in [0.2, 0.25) is 0 Å². The first-order valence-electron chi connectivity index (χ1n) is 4.79. The minimum Gasteiger partial charge on any atom is -0.338 e. The lowest BCUT2D eigenvalue weighted by Crippen LogP contribution is -2.50. The van der Waals surface area contributed by atoms with Gasteiger partial charge in [0, 0.05) is 25.6 Å². The standard InChI is InChI=1S/C9H16N2O/c1-7(12)11-6-2-3-8-9(11)4-5-10-8/h8-10H,2-6H2,1H3. The van der Waals surface area contributed by atoms with Gasteiger partial charge in [-0.15, -0.1) is 0 Å². The van der Waals surface area contributed by atoms with Crippen molar-refractivity contribution in [1.82, 2.24) is 10.2 Å². The minimum atomic E-state index is 0.244. The number of likely N-dealkylation sites (tertiary alicyclic amines) is 1. The van der Waals surface area contributed by atoms with Gasteiger partial charge in [-0.25, -0.2) is 0 Å². The molecular weight excluding hydrogens is 152 g/mol. The number of fused-ring (bicyclic) bond motifs is 1. The maximum atomic E-state index is 11.2. The third-order valence-electron chi connectivity index (χ3n) is 3.03. The van der Waals surface area contributed by atoms with E-state index in [1.165, 1.54) is 6.42 Å². The van der Waals surface area contributed by atoms with E-state index in [0.29, 0.717) is 12.1 Å². The SMILES string of the molecule is CC(=O)N1CCCC2NCCC21. The predicted molar refractivity (Wildman–Crippen MR) is 46.8 cm³/mol. The molecule has 0 aromatic rings. The predicted octanol–water partition coefficient (Wildman–Crippen LogP) is 0.359. The molecule has 0 saturated carbocycles. The third kappa shape index (κ3) is 1.22. The molecule has 0 bridgehead atoms. The molecule has 1 amide bonds. The molecule has 2 heterocycles. The number of piperidine rings is 1. The van der Waals surface area contributed by atoms with Gasteiger partial charge in [0.05, 0.1) is 0 Å². The number of nitrogens with zero attached hydrogens (tertiary/aromatic N) is 1. The summed E-state index contributed by atoms with van der Waals surface area (Å²) in [5, 5.41) is 3.45. The molecule has 0 spiro atoms. The minimum absolute atomic E-state index is 0.244. The highest BCUT2D eigenvalue weighted by Gasteiger charge is 2.35. The molecule has 2 aliphatic rings. The van der Waals surface area contributed by atoms with Gasteiger partial charge in [-0.2, -0.15) is 0 Å². The van der Waals surface area contributed by atoms with Gasteiger partial charge in [0.15, 0.2) is 0 Å². The average Bonchev–Trinajstić information content (AvgIpc) is 2.49. The van der Waals surface area contributed by atoms with Gasteiger partial charge >= 0.3 is 0 Å². The van der Waals surface area contributed by atoms with E-state index in [9.17, 15) is 4.79 Å². The Kier molecular flexibility index (Phi) is 2.05. The molecule has 2 saturated heterocycles. The van der Waals surface area contributed by atoms with Crippen molar-refractivity contribution in [3.8, 4) is 0 Å². The fourth-order valence-corrected chi connectivity index (χ4v) is 2.46. The van der Waals surface area contributed by atoms with Crippen molar-refractivity contribution < 1.29 is 4.79 Å².